The predicted molar refractivity (Wildman–Crippen MR) is 51.2 cm³/mol. The Balaban J connectivity index is 2.09. The van der Waals surface area contributed by atoms with Crippen LogP contribution in [0.3, 0.4) is 0 Å². The van der Waals surface area contributed by atoms with Crippen molar-refractivity contribution in [1.82, 2.24) is 4.90 Å². The zero-order valence-electron chi connectivity index (χ0n) is 8.40. The van der Waals surface area contributed by atoms with Crippen molar-refractivity contribution < 1.29 is 9.59 Å². The van der Waals surface area contributed by atoms with Crippen LogP contribution in [-0.4, -0.2) is 29.3 Å². The van der Waals surface area contributed by atoms with Crippen LogP contribution in [0.25, 0.3) is 0 Å². The second-order valence-electron chi connectivity index (χ2n) is 4.17. The number of piperidine rings is 1. The molecule has 0 radical (unpaired) electrons. The molecule has 2 amide bonds. The van der Waals surface area contributed by atoms with Crippen molar-refractivity contribution in [3.8, 4) is 0 Å². The first-order valence-corrected chi connectivity index (χ1v) is 5.27. The van der Waals surface area contributed by atoms with E-state index in [0.717, 1.165) is 19.3 Å². The summed E-state index contributed by atoms with van der Waals surface area (Å²) in [4.78, 5) is 24.8. The van der Waals surface area contributed by atoms with Crippen molar-refractivity contribution in [2.24, 2.45) is 17.6 Å². The highest BCUT2D eigenvalue weighted by molar-refractivity contribution is 6.09. The third kappa shape index (κ3) is 1.25. The average Bonchev–Trinajstić information content (AvgIpc) is 2.91. The molecule has 2 rings (SSSR count). The molecule has 2 aliphatic rings. The minimum atomic E-state index is -0.0622. The van der Waals surface area contributed by atoms with Gasteiger partial charge in [-0.25, -0.2) is 0 Å². The van der Waals surface area contributed by atoms with Crippen LogP contribution < -0.4 is 5.73 Å². The summed E-state index contributed by atoms with van der Waals surface area (Å²) in [6.45, 7) is 2.43. The molecule has 2 N–H and O–H groups in total. The Morgan fingerprint density at radius 1 is 1.43 bits per heavy atom. The summed E-state index contributed by atoms with van der Waals surface area (Å²) in [7, 11) is 0. The standard InChI is InChI=1S/C10H16N2O2/c1-2-3-6(5-11)12-9(13)7-4-8(7)10(12)14/h6-8H,2-5,11H2,1H3. The van der Waals surface area contributed by atoms with Gasteiger partial charge in [-0.2, -0.15) is 0 Å². The van der Waals surface area contributed by atoms with Gasteiger partial charge >= 0.3 is 0 Å². The molecule has 1 saturated carbocycles. The molecule has 4 nitrogen and oxygen atoms in total. The lowest BCUT2D eigenvalue weighted by Crippen LogP contribution is -2.45. The quantitative estimate of drug-likeness (QED) is 0.649. The van der Waals surface area contributed by atoms with E-state index in [2.05, 4.69) is 0 Å². The highest BCUT2D eigenvalue weighted by Crippen LogP contribution is 2.47. The zero-order chi connectivity index (χ0) is 10.3. The number of hydrogen-bond acceptors (Lipinski definition) is 3. The van der Waals surface area contributed by atoms with Crippen LogP contribution >= 0.6 is 0 Å². The molecule has 4 heteroatoms. The SMILES string of the molecule is CCCC(CN)N1C(=O)C2CC2C1=O. The number of imide groups is 1. The molecule has 0 bridgehead atoms. The van der Waals surface area contributed by atoms with E-state index < -0.39 is 0 Å². The van der Waals surface area contributed by atoms with Crippen LogP contribution in [0.2, 0.25) is 0 Å². The summed E-state index contributed by atoms with van der Waals surface area (Å²) >= 11 is 0. The zero-order valence-corrected chi connectivity index (χ0v) is 8.40. The number of rotatable bonds is 4. The van der Waals surface area contributed by atoms with Crippen molar-refractivity contribution in [3.05, 3.63) is 0 Å². The average molecular weight is 196 g/mol. The van der Waals surface area contributed by atoms with Crippen molar-refractivity contribution in [2.45, 2.75) is 32.2 Å². The Morgan fingerprint density at radius 3 is 2.43 bits per heavy atom. The molecule has 0 aromatic heterocycles. The maximum Gasteiger partial charge on any atom is 0.233 e. The number of carbonyl (C=O) groups excluding carboxylic acids is 2. The summed E-state index contributed by atoms with van der Waals surface area (Å²) < 4.78 is 0. The van der Waals surface area contributed by atoms with Crippen LogP contribution in [0.15, 0.2) is 0 Å². The molecular formula is C10H16N2O2. The highest BCUT2D eigenvalue weighted by atomic mass is 16.2. The van der Waals surface area contributed by atoms with Crippen molar-refractivity contribution in [3.63, 3.8) is 0 Å². The van der Waals surface area contributed by atoms with Gasteiger partial charge in [-0.05, 0) is 12.8 Å². The Labute approximate surface area is 83.4 Å². The number of nitrogens with zero attached hydrogens (tertiary/aromatic N) is 1. The van der Waals surface area contributed by atoms with Gasteiger partial charge in [0.25, 0.3) is 0 Å². The van der Waals surface area contributed by atoms with Crippen molar-refractivity contribution in [2.75, 3.05) is 6.54 Å². The third-order valence-corrected chi connectivity index (χ3v) is 3.16. The van der Waals surface area contributed by atoms with E-state index >= 15 is 0 Å². The van der Waals surface area contributed by atoms with Crippen molar-refractivity contribution in [1.29, 1.82) is 0 Å². The largest absolute Gasteiger partial charge is 0.328 e. The smallest absolute Gasteiger partial charge is 0.233 e. The van der Waals surface area contributed by atoms with Gasteiger partial charge in [-0.3, -0.25) is 14.5 Å². The summed E-state index contributed by atoms with van der Waals surface area (Å²) in [5.74, 6) is 0.0506. The van der Waals surface area contributed by atoms with Gasteiger partial charge in [0.05, 0.1) is 17.9 Å². The van der Waals surface area contributed by atoms with Gasteiger partial charge in [0.15, 0.2) is 0 Å². The summed E-state index contributed by atoms with van der Waals surface area (Å²) in [5, 5.41) is 0. The molecule has 0 aromatic rings. The fraction of sp³-hybridized carbons (Fsp3) is 0.800. The molecule has 78 valence electrons. The molecule has 0 aromatic carbocycles. The molecule has 1 heterocycles. The molecule has 3 unspecified atom stereocenters. The maximum atomic E-state index is 11.7. The third-order valence-electron chi connectivity index (χ3n) is 3.16. The van der Waals surface area contributed by atoms with E-state index in [9.17, 15) is 9.59 Å². The minimum absolute atomic E-state index is 0.00778. The Hall–Kier alpha value is -0.900. The molecule has 14 heavy (non-hydrogen) atoms. The maximum absolute atomic E-state index is 11.7. The first-order chi connectivity index (χ1) is 6.70. The predicted octanol–water partition coefficient (Wildman–Crippen LogP) is 0.119. The van der Waals surface area contributed by atoms with Crippen LogP contribution in [0.4, 0.5) is 0 Å². The minimum Gasteiger partial charge on any atom is -0.328 e. The number of nitrogens with two attached hydrogens (primary N) is 1. The van der Waals surface area contributed by atoms with E-state index in [1.165, 1.54) is 4.90 Å². The number of carbonyl (C=O) groups is 2. The molecule has 2 fully saturated rings. The molecule has 3 atom stereocenters. The van der Waals surface area contributed by atoms with Gasteiger partial charge in [0, 0.05) is 6.54 Å². The molecule has 1 aliphatic carbocycles. The normalized spacial score (nSPS) is 32.0. The Kier molecular flexibility index (Phi) is 2.31. The van der Waals surface area contributed by atoms with Crippen LogP contribution in [0.1, 0.15) is 26.2 Å². The van der Waals surface area contributed by atoms with Gasteiger partial charge in [-0.15, -0.1) is 0 Å². The lowest BCUT2D eigenvalue weighted by atomic mass is 10.1. The summed E-state index contributed by atoms with van der Waals surface area (Å²) in [6, 6.07) is -0.0622. The molecule has 0 spiro atoms. The molecular weight excluding hydrogens is 180 g/mol. The summed E-state index contributed by atoms with van der Waals surface area (Å²) in [5.41, 5.74) is 5.58. The van der Waals surface area contributed by atoms with Gasteiger partial charge < -0.3 is 5.73 Å². The van der Waals surface area contributed by atoms with E-state index in [-0.39, 0.29) is 29.7 Å². The van der Waals surface area contributed by atoms with Gasteiger partial charge in [-0.1, -0.05) is 13.3 Å². The summed E-state index contributed by atoms with van der Waals surface area (Å²) in [6.07, 6.45) is 2.55. The van der Waals surface area contributed by atoms with E-state index in [4.69, 9.17) is 5.73 Å². The lowest BCUT2D eigenvalue weighted by molar-refractivity contribution is -0.144. The Morgan fingerprint density at radius 2 is 2.00 bits per heavy atom. The fourth-order valence-corrected chi connectivity index (χ4v) is 2.25. The second kappa shape index (κ2) is 3.35. The van der Waals surface area contributed by atoms with Crippen LogP contribution in [-0.2, 0) is 9.59 Å². The van der Waals surface area contributed by atoms with Gasteiger partial charge in [0.2, 0.25) is 11.8 Å². The molecule has 1 saturated heterocycles. The fourth-order valence-electron chi connectivity index (χ4n) is 2.25. The molecule has 1 aliphatic heterocycles. The Bertz CT molecular complexity index is 257. The second-order valence-corrected chi connectivity index (χ2v) is 4.17. The van der Waals surface area contributed by atoms with E-state index in [1.807, 2.05) is 6.92 Å². The topological polar surface area (TPSA) is 63.4 Å². The number of likely N-dealkylation sites (tertiary alicyclic amines) is 1. The van der Waals surface area contributed by atoms with Crippen LogP contribution in [0, 0.1) is 11.8 Å². The van der Waals surface area contributed by atoms with Gasteiger partial charge in [0.1, 0.15) is 0 Å². The number of fused-ring (bicyclic) bond motifs is 1. The first kappa shape index (κ1) is 9.65. The van der Waals surface area contributed by atoms with Crippen molar-refractivity contribution >= 4 is 11.8 Å². The lowest BCUT2D eigenvalue weighted by Gasteiger charge is -2.26. The van der Waals surface area contributed by atoms with E-state index in [1.54, 1.807) is 0 Å². The van der Waals surface area contributed by atoms with Crippen LogP contribution in [0.5, 0.6) is 0 Å². The van der Waals surface area contributed by atoms with E-state index in [0.29, 0.717) is 6.54 Å². The highest BCUT2D eigenvalue weighted by Gasteiger charge is 2.59. The monoisotopic (exact) mass is 196 g/mol. The number of amides is 2. The first-order valence-electron chi connectivity index (χ1n) is 5.27. The number of hydrogen-bond donors (Lipinski definition) is 1.